The van der Waals surface area contributed by atoms with Crippen LogP contribution in [0.5, 0.6) is 0 Å². The number of aliphatic hydroxyl groups is 2. The van der Waals surface area contributed by atoms with E-state index in [4.69, 9.17) is 22.9 Å². The number of fused-ring (bicyclic) bond motifs is 8. The average Bonchev–Trinajstić information content (AvgIpc) is 1.69. The normalized spacial score (nSPS) is 28.5. The van der Waals surface area contributed by atoms with Crippen molar-refractivity contribution in [2.75, 3.05) is 57.4 Å². The summed E-state index contributed by atoms with van der Waals surface area (Å²) in [4.78, 5) is 226. The van der Waals surface area contributed by atoms with Crippen molar-refractivity contribution < 1.29 is 82.1 Å². The number of nitrogens with two attached hydrogens (primary N) is 4. The van der Waals surface area contributed by atoms with E-state index in [1.165, 1.54) is 14.7 Å². The fourth-order valence-electron chi connectivity index (χ4n) is 12.9. The van der Waals surface area contributed by atoms with Gasteiger partial charge in [0.2, 0.25) is 88.6 Å². The van der Waals surface area contributed by atoms with E-state index in [9.17, 15) is 67.7 Å². The highest BCUT2D eigenvalue weighted by Crippen LogP contribution is 2.29. The smallest absolute Gasteiger partial charge is 0.246 e. The molecule has 5 aliphatic heterocycles. The van der Waals surface area contributed by atoms with E-state index in [0.717, 1.165) is 28.5 Å². The van der Waals surface area contributed by atoms with Crippen molar-refractivity contribution in [3.05, 3.63) is 35.9 Å². The number of aliphatic hydroxyl groups excluding tert-OH is 2. The maximum absolute atomic E-state index is 15.3. The van der Waals surface area contributed by atoms with Gasteiger partial charge in [-0.05, 0) is 101 Å². The Balaban J connectivity index is 1.50. The first-order valence-electron chi connectivity index (χ1n) is 35.8. The molecule has 1 aromatic carbocycles. The predicted octanol–water partition coefficient (Wildman–Crippen LogP) is -5.90. The van der Waals surface area contributed by atoms with Crippen LogP contribution < -0.4 is 81.4 Å². The first kappa shape index (κ1) is 85.1. The molecule has 5 saturated heterocycles. The van der Waals surface area contributed by atoms with Crippen LogP contribution in [-0.4, -0.2) is 262 Å². The number of carbonyl (C=O) groups excluding carboxylic acids is 15. The Bertz CT molecular complexity index is 3300. The molecule has 5 aliphatic rings. The second kappa shape index (κ2) is 41.7. The van der Waals surface area contributed by atoms with E-state index in [0.29, 0.717) is 31.2 Å². The van der Waals surface area contributed by atoms with Gasteiger partial charge in [0.25, 0.3) is 0 Å². The van der Waals surface area contributed by atoms with Crippen LogP contribution in [-0.2, 0) is 78.3 Å². The molecule has 38 heteroatoms. The third-order valence-electron chi connectivity index (χ3n) is 19.3. The molecule has 0 unspecified atom stereocenters. The quantitative estimate of drug-likeness (QED) is 0.0282. The SMILES string of the molecule is CC[C@H](C)[C@@H]1NC(=O)[C@@H]2CCCN2C(=O)[C@@H]2CCCN2C(=O)[C@H]([C@@H](C)CC)NC(=O)[C@H](CO)NC(=O)[C@H](CCCCN)NC(=O)[C@H]([C@@H](C)O)NC(=O)[C@@H]2CSSC[C@H](NC1=O)C(=O)N[C@@H](Cc1ccccc1)C(=O)N1CCC[C@H]1C(=O)N[C@@H](CC(N)=O)C(=O)NCC(=O)N[C@@H](CCCN=C(N)N)C(=O)N2. The Morgan fingerprint density at radius 1 is 0.524 bits per heavy atom. The number of primary amides is 1. The van der Waals surface area contributed by atoms with E-state index >= 15 is 14.4 Å². The number of rotatable bonds is 18. The third-order valence-corrected chi connectivity index (χ3v) is 21.7. The lowest BCUT2D eigenvalue weighted by atomic mass is 9.96. The minimum absolute atomic E-state index is 0.00455. The number of hydrogen-bond donors (Lipinski definition) is 17. The molecule has 0 saturated carbocycles. The number of aliphatic imine (C=N–C) groups is 1. The van der Waals surface area contributed by atoms with Crippen molar-refractivity contribution in [2.24, 2.45) is 39.8 Å². The minimum Gasteiger partial charge on any atom is -0.394 e. The van der Waals surface area contributed by atoms with E-state index in [-0.39, 0.29) is 103 Å². The topological polar surface area (TPSA) is 555 Å². The molecule has 6 rings (SSSR count). The number of carbonyl (C=O) groups is 15. The van der Waals surface area contributed by atoms with Crippen LogP contribution in [0.1, 0.15) is 130 Å². The molecule has 105 heavy (non-hydrogen) atoms. The van der Waals surface area contributed by atoms with Crippen LogP contribution in [0.25, 0.3) is 0 Å². The van der Waals surface area contributed by atoms with Crippen molar-refractivity contribution in [3.63, 3.8) is 0 Å². The zero-order chi connectivity index (χ0) is 77.2. The standard InChI is InChI=1S/C67H105N19O17S2/c1-6-35(3)51-62(99)80-44-33-104-105-34-45(79-55(92)39(20-13-25-72-67(70)71)74-50(90)31-73-54(91)41(30-49(69)89)76-60(97)46-21-14-26-84(46)64(101)42(77-58(44)95)29-38-17-9-8-10-18-38)59(96)83-53(37(5)88)63(100)75-40(19-11-12-24-68)56(93)78-43(32-87)57(94)82-52(36(4)7-2)66(103)86-28-16-23-48(86)65(102)85-27-15-22-47(85)61(98)81-51/h8-10,17-18,35-37,39-48,51-53,87-88H,6-7,11-16,19-34,68H2,1-5H3,(H2,69,89)(H,73,91)(H,74,90)(H,75,100)(H,76,97)(H,77,95)(H,78,93)(H,79,92)(H,80,99)(H,81,98)(H,82,94)(H,83,96)(H4,70,71,72)/t35-,36-,37+,39-,40-,41-,42-,43-,44-,45-,46-,47-,48-,51-,52-,53-/m0/s1. The number of guanidine groups is 1. The van der Waals surface area contributed by atoms with Gasteiger partial charge < -0.3 is 106 Å². The molecule has 0 spiro atoms. The van der Waals surface area contributed by atoms with E-state index in [1.807, 2.05) is 0 Å². The first-order valence-corrected chi connectivity index (χ1v) is 38.3. The lowest BCUT2D eigenvalue weighted by Crippen LogP contribution is -2.62. The largest absolute Gasteiger partial charge is 0.394 e. The van der Waals surface area contributed by atoms with Crippen LogP contribution in [0.3, 0.4) is 0 Å². The Kier molecular flexibility index (Phi) is 33.8. The highest BCUT2D eigenvalue weighted by molar-refractivity contribution is 8.76. The van der Waals surface area contributed by atoms with Gasteiger partial charge in [-0.25, -0.2) is 0 Å². The zero-order valence-electron chi connectivity index (χ0n) is 60.0. The minimum atomic E-state index is -1.94. The summed E-state index contributed by atoms with van der Waals surface area (Å²) in [6, 6.07) is -11.2. The van der Waals surface area contributed by atoms with E-state index in [1.54, 1.807) is 58.0 Å². The third kappa shape index (κ3) is 24.6. The molecule has 15 amide bonds. The molecule has 0 radical (unpaired) electrons. The van der Waals surface area contributed by atoms with Crippen molar-refractivity contribution in [1.29, 1.82) is 0 Å². The molecule has 0 aromatic heterocycles. The second-order valence-corrected chi connectivity index (χ2v) is 29.6. The second-order valence-electron chi connectivity index (χ2n) is 27.1. The molecule has 5 fully saturated rings. The van der Waals surface area contributed by atoms with E-state index in [2.05, 4.69) is 63.5 Å². The van der Waals surface area contributed by atoms with Gasteiger partial charge in [-0.15, -0.1) is 0 Å². The van der Waals surface area contributed by atoms with Crippen molar-refractivity contribution in [3.8, 4) is 0 Å². The Labute approximate surface area is 617 Å². The number of unbranched alkanes of at least 4 members (excludes halogenated alkanes) is 1. The molecule has 16 atom stereocenters. The van der Waals surface area contributed by atoms with Crippen LogP contribution in [0.4, 0.5) is 0 Å². The summed E-state index contributed by atoms with van der Waals surface area (Å²) in [6.45, 7) is 6.34. The Hall–Kier alpha value is -8.88. The lowest BCUT2D eigenvalue weighted by molar-refractivity contribution is -0.149. The summed E-state index contributed by atoms with van der Waals surface area (Å²) in [5.74, 6) is -16.4. The van der Waals surface area contributed by atoms with Crippen molar-refractivity contribution >= 4 is 116 Å². The molecule has 36 nitrogen and oxygen atoms in total. The van der Waals surface area contributed by atoms with Gasteiger partial charge in [-0.2, -0.15) is 0 Å². The maximum Gasteiger partial charge on any atom is 0.246 e. The van der Waals surface area contributed by atoms with Gasteiger partial charge in [0.1, 0.15) is 78.5 Å². The molecular formula is C67H105N19O17S2. The predicted molar refractivity (Wildman–Crippen MR) is 386 cm³/mol. The summed E-state index contributed by atoms with van der Waals surface area (Å²) in [5.41, 5.74) is 23.1. The molecule has 21 N–H and O–H groups in total. The highest BCUT2D eigenvalue weighted by Gasteiger charge is 2.47. The molecule has 582 valence electrons. The van der Waals surface area contributed by atoms with Crippen LogP contribution in [0, 0.1) is 11.8 Å². The molecule has 1 aromatic rings. The maximum atomic E-state index is 15.3. The molecule has 2 bridgehead atoms. The van der Waals surface area contributed by atoms with Crippen LogP contribution in [0.2, 0.25) is 0 Å². The summed E-state index contributed by atoms with van der Waals surface area (Å²) < 4.78 is 0. The van der Waals surface area contributed by atoms with Gasteiger partial charge in [0.15, 0.2) is 5.96 Å². The van der Waals surface area contributed by atoms with Gasteiger partial charge in [-0.1, -0.05) is 92.5 Å². The summed E-state index contributed by atoms with van der Waals surface area (Å²) in [5, 5.41) is 50.4. The number of nitrogens with one attached hydrogen (secondary N) is 11. The number of benzene rings is 1. The lowest BCUT2D eigenvalue weighted by Gasteiger charge is -2.35. The van der Waals surface area contributed by atoms with Crippen molar-refractivity contribution in [2.45, 2.75) is 216 Å². The number of amides is 15. The highest BCUT2D eigenvalue weighted by atomic mass is 33.1. The fraction of sp³-hybridized carbons (Fsp3) is 0.672. The summed E-state index contributed by atoms with van der Waals surface area (Å²) >= 11 is 0. The van der Waals surface area contributed by atoms with Gasteiger partial charge in [0, 0.05) is 44.1 Å². The zero-order valence-corrected chi connectivity index (χ0v) is 61.7. The van der Waals surface area contributed by atoms with Crippen LogP contribution in [0.15, 0.2) is 35.3 Å². The monoisotopic (exact) mass is 1510 g/mol. The van der Waals surface area contributed by atoms with Gasteiger partial charge >= 0.3 is 0 Å². The van der Waals surface area contributed by atoms with Crippen LogP contribution >= 0.6 is 21.6 Å². The number of nitrogens with zero attached hydrogens (tertiary/aromatic N) is 4. The van der Waals surface area contributed by atoms with Gasteiger partial charge in [-0.3, -0.25) is 76.9 Å². The fourth-order valence-corrected chi connectivity index (χ4v) is 15.3. The van der Waals surface area contributed by atoms with Crippen molar-refractivity contribution in [1.82, 2.24) is 73.2 Å². The Morgan fingerprint density at radius 3 is 1.58 bits per heavy atom. The first-order chi connectivity index (χ1) is 50.0. The van der Waals surface area contributed by atoms with E-state index < -0.39 is 216 Å². The molecule has 5 heterocycles. The summed E-state index contributed by atoms with van der Waals surface area (Å²) in [6.07, 6.45) is -0.632. The molecular weight excluding hydrogens is 1410 g/mol. The summed E-state index contributed by atoms with van der Waals surface area (Å²) in [7, 11) is 1.72. The molecule has 0 aliphatic carbocycles. The Morgan fingerprint density at radius 2 is 1.00 bits per heavy atom. The van der Waals surface area contributed by atoms with Gasteiger partial charge in [0.05, 0.1) is 25.7 Å². The average molecular weight is 1510 g/mol. The number of hydrogen-bond acceptors (Lipinski definition) is 21.